The van der Waals surface area contributed by atoms with E-state index in [1.165, 1.54) is 0 Å². The van der Waals surface area contributed by atoms with Crippen molar-refractivity contribution in [1.82, 2.24) is 9.88 Å². The van der Waals surface area contributed by atoms with Gasteiger partial charge in [0.25, 0.3) is 0 Å². The number of piperazine rings is 1. The minimum atomic E-state index is -0.502. The number of nitrogens with zero attached hydrogens (tertiary/aromatic N) is 3. The SMILES string of the molecule is CCC(C)(C)OC(=O)COCCOCCOCCOCCOCCOc1cc(N2C3CCC2CN(C(=O)OC(C)(C)C)C3)ccn1. The number of carbonyl (C=O) groups is 2. The van der Waals surface area contributed by atoms with Gasteiger partial charge in [0.1, 0.15) is 24.4 Å². The Morgan fingerprint density at radius 3 is 1.83 bits per heavy atom. The zero-order chi connectivity index (χ0) is 33.4. The molecule has 2 aliphatic heterocycles. The van der Waals surface area contributed by atoms with E-state index in [1.54, 1.807) is 6.20 Å². The minimum absolute atomic E-state index is 0.0813. The Balaban J connectivity index is 1.15. The second-order valence-electron chi connectivity index (χ2n) is 13.0. The predicted octanol–water partition coefficient (Wildman–Crippen LogP) is 3.86. The number of anilines is 1. The Morgan fingerprint density at radius 1 is 0.783 bits per heavy atom. The molecule has 3 rings (SSSR count). The standard InChI is InChI=1S/C33H55N3O10/c1-7-33(5,6)45-30(37)25-43-19-18-41-15-14-39-12-13-40-16-17-42-20-21-44-29-22-26(10-11-34-29)36-27-8-9-28(36)24-35(23-27)31(38)46-32(2,3)4/h10-11,22,27-28H,7-9,12-21,23-25H2,1-6H3. The number of hydrogen-bond donors (Lipinski definition) is 0. The highest BCUT2D eigenvalue weighted by Gasteiger charge is 2.42. The second kappa shape index (κ2) is 19.2. The first-order chi connectivity index (χ1) is 22.0. The lowest BCUT2D eigenvalue weighted by Gasteiger charge is -2.42. The van der Waals surface area contributed by atoms with Gasteiger partial charge in [-0.05, 0) is 59.9 Å². The first kappa shape index (κ1) is 37.7. The molecule has 2 fully saturated rings. The Bertz CT molecular complexity index is 1040. The maximum Gasteiger partial charge on any atom is 0.410 e. The average Bonchev–Trinajstić information content (AvgIpc) is 3.26. The van der Waals surface area contributed by atoms with Crippen LogP contribution >= 0.6 is 0 Å². The number of fused-ring (bicyclic) bond motifs is 2. The van der Waals surface area contributed by atoms with Crippen LogP contribution in [0.5, 0.6) is 5.88 Å². The number of amides is 1. The molecule has 0 aliphatic carbocycles. The van der Waals surface area contributed by atoms with E-state index in [9.17, 15) is 9.59 Å². The van der Waals surface area contributed by atoms with Crippen molar-refractivity contribution in [3.05, 3.63) is 18.3 Å². The van der Waals surface area contributed by atoms with Gasteiger partial charge in [-0.2, -0.15) is 0 Å². The van der Waals surface area contributed by atoms with Crippen LogP contribution in [0.25, 0.3) is 0 Å². The number of likely N-dealkylation sites (tertiary alicyclic amines) is 1. The molecule has 2 bridgehead atoms. The maximum absolute atomic E-state index is 12.6. The zero-order valence-electron chi connectivity index (χ0n) is 28.6. The molecule has 0 radical (unpaired) electrons. The number of ether oxygens (including phenoxy) is 8. The van der Waals surface area contributed by atoms with Gasteiger partial charge in [0.15, 0.2) is 0 Å². The summed E-state index contributed by atoms with van der Waals surface area (Å²) in [5.74, 6) is 0.181. The van der Waals surface area contributed by atoms with E-state index in [1.807, 2.05) is 58.6 Å². The van der Waals surface area contributed by atoms with Gasteiger partial charge < -0.3 is 47.7 Å². The molecule has 262 valence electrons. The summed E-state index contributed by atoms with van der Waals surface area (Å²) in [6.45, 7) is 16.8. The Morgan fingerprint density at radius 2 is 1.30 bits per heavy atom. The molecule has 13 nitrogen and oxygen atoms in total. The Hall–Kier alpha value is -2.71. The van der Waals surface area contributed by atoms with E-state index in [4.69, 9.17) is 37.9 Å². The summed E-state index contributed by atoms with van der Waals surface area (Å²) in [4.78, 5) is 32.9. The summed E-state index contributed by atoms with van der Waals surface area (Å²) in [6, 6.07) is 4.46. The molecule has 2 saturated heterocycles. The van der Waals surface area contributed by atoms with Gasteiger partial charge in [-0.1, -0.05) is 6.92 Å². The molecule has 2 atom stereocenters. The normalized spacial score (nSPS) is 18.1. The van der Waals surface area contributed by atoms with Crippen LogP contribution in [0, 0.1) is 0 Å². The van der Waals surface area contributed by atoms with Crippen molar-refractivity contribution in [2.24, 2.45) is 0 Å². The van der Waals surface area contributed by atoms with Crippen LogP contribution in [-0.4, -0.2) is 131 Å². The molecule has 1 amide bonds. The summed E-state index contributed by atoms with van der Waals surface area (Å²) >= 11 is 0. The lowest BCUT2D eigenvalue weighted by atomic mass is 10.1. The largest absolute Gasteiger partial charge is 0.475 e. The van der Waals surface area contributed by atoms with Crippen molar-refractivity contribution < 1.29 is 47.5 Å². The van der Waals surface area contributed by atoms with Crippen LogP contribution in [0.3, 0.4) is 0 Å². The van der Waals surface area contributed by atoms with Gasteiger partial charge in [-0.3, -0.25) is 0 Å². The molecular weight excluding hydrogens is 598 g/mol. The number of rotatable bonds is 21. The fraction of sp³-hybridized carbons (Fsp3) is 0.788. The molecule has 0 spiro atoms. The average molecular weight is 654 g/mol. The van der Waals surface area contributed by atoms with E-state index < -0.39 is 11.2 Å². The Labute approximate surface area is 274 Å². The number of pyridine rings is 1. The molecule has 0 N–H and O–H groups in total. The number of esters is 1. The molecule has 13 heteroatoms. The molecule has 46 heavy (non-hydrogen) atoms. The number of aromatic nitrogens is 1. The van der Waals surface area contributed by atoms with Crippen LogP contribution in [0.1, 0.15) is 60.8 Å². The fourth-order valence-corrected chi connectivity index (χ4v) is 5.09. The van der Waals surface area contributed by atoms with Gasteiger partial charge in [0, 0.05) is 43.1 Å². The summed E-state index contributed by atoms with van der Waals surface area (Å²) in [6.07, 6.45) is 4.34. The third-order valence-electron chi connectivity index (χ3n) is 7.58. The molecule has 2 unspecified atom stereocenters. The van der Waals surface area contributed by atoms with Gasteiger partial charge in [0.2, 0.25) is 5.88 Å². The lowest BCUT2D eigenvalue weighted by molar-refractivity contribution is -0.162. The highest BCUT2D eigenvalue weighted by Crippen LogP contribution is 2.36. The highest BCUT2D eigenvalue weighted by atomic mass is 16.6. The van der Waals surface area contributed by atoms with Crippen LogP contribution in [0.4, 0.5) is 10.5 Å². The van der Waals surface area contributed by atoms with Gasteiger partial charge in [0.05, 0.1) is 59.5 Å². The minimum Gasteiger partial charge on any atom is -0.475 e. The summed E-state index contributed by atoms with van der Waals surface area (Å²) in [7, 11) is 0. The quantitative estimate of drug-likeness (QED) is 0.141. The van der Waals surface area contributed by atoms with Crippen molar-refractivity contribution in [1.29, 1.82) is 0 Å². The van der Waals surface area contributed by atoms with Crippen LogP contribution in [0.15, 0.2) is 18.3 Å². The van der Waals surface area contributed by atoms with Crippen LogP contribution < -0.4 is 9.64 Å². The first-order valence-electron chi connectivity index (χ1n) is 16.4. The number of hydrogen-bond acceptors (Lipinski definition) is 12. The number of carbonyl (C=O) groups excluding carboxylic acids is 2. The summed E-state index contributed by atoms with van der Waals surface area (Å²) < 4.78 is 44.1. The lowest BCUT2D eigenvalue weighted by Crippen LogP contribution is -2.56. The molecule has 3 heterocycles. The van der Waals surface area contributed by atoms with Gasteiger partial charge in [-0.25, -0.2) is 14.6 Å². The zero-order valence-corrected chi connectivity index (χ0v) is 28.6. The third-order valence-corrected chi connectivity index (χ3v) is 7.58. The molecule has 1 aromatic heterocycles. The summed E-state index contributed by atoms with van der Waals surface area (Å²) in [5, 5.41) is 0. The Kier molecular flexibility index (Phi) is 15.7. The maximum atomic E-state index is 12.6. The van der Waals surface area contributed by atoms with Crippen molar-refractivity contribution in [3.63, 3.8) is 0 Å². The van der Waals surface area contributed by atoms with Crippen LogP contribution in [0.2, 0.25) is 0 Å². The molecule has 0 aromatic carbocycles. The van der Waals surface area contributed by atoms with Crippen molar-refractivity contribution in [2.45, 2.75) is 84.1 Å². The second-order valence-corrected chi connectivity index (χ2v) is 13.0. The van der Waals surface area contributed by atoms with E-state index in [-0.39, 0.29) is 30.8 Å². The first-order valence-corrected chi connectivity index (χ1v) is 16.4. The molecule has 1 aromatic rings. The molecule has 2 aliphatic rings. The highest BCUT2D eigenvalue weighted by molar-refractivity contribution is 5.71. The van der Waals surface area contributed by atoms with Crippen LogP contribution in [-0.2, 0) is 38.0 Å². The van der Waals surface area contributed by atoms with Crippen molar-refractivity contribution >= 4 is 17.7 Å². The van der Waals surface area contributed by atoms with Crippen molar-refractivity contribution in [2.75, 3.05) is 90.7 Å². The van der Waals surface area contributed by atoms with E-state index in [2.05, 4.69) is 9.88 Å². The van der Waals surface area contributed by atoms with Gasteiger partial charge in [-0.15, -0.1) is 0 Å². The smallest absolute Gasteiger partial charge is 0.410 e. The van der Waals surface area contributed by atoms with Gasteiger partial charge >= 0.3 is 12.1 Å². The monoisotopic (exact) mass is 653 g/mol. The predicted molar refractivity (Wildman–Crippen MR) is 171 cm³/mol. The molecular formula is C33H55N3O10. The van der Waals surface area contributed by atoms with E-state index in [0.717, 1.165) is 24.9 Å². The van der Waals surface area contributed by atoms with E-state index in [0.29, 0.717) is 85.0 Å². The third kappa shape index (κ3) is 14.0. The molecule has 0 saturated carbocycles. The topological polar surface area (TPSA) is 127 Å². The van der Waals surface area contributed by atoms with Crippen molar-refractivity contribution in [3.8, 4) is 5.88 Å². The van der Waals surface area contributed by atoms with E-state index >= 15 is 0 Å². The summed E-state index contributed by atoms with van der Waals surface area (Å²) in [5.41, 5.74) is 0.0841. The fourth-order valence-electron chi connectivity index (χ4n) is 5.09.